The van der Waals surface area contributed by atoms with Crippen molar-refractivity contribution >= 4 is 61.9 Å². The Bertz CT molecular complexity index is 1270. The summed E-state index contributed by atoms with van der Waals surface area (Å²) in [6.45, 7) is 5.02. The second-order valence-corrected chi connectivity index (χ2v) is 10.0. The molecule has 3 aromatic carbocycles. The third-order valence-electron chi connectivity index (χ3n) is 5.91. The van der Waals surface area contributed by atoms with Crippen LogP contribution in [0.1, 0.15) is 15.2 Å². The zero-order valence-corrected chi connectivity index (χ0v) is 20.3. The van der Waals surface area contributed by atoms with E-state index in [0.717, 1.165) is 48.5 Å². The van der Waals surface area contributed by atoms with E-state index in [1.165, 1.54) is 22.6 Å². The lowest BCUT2D eigenvalue weighted by molar-refractivity contribution is 0.103. The molecule has 0 unspecified atom stereocenters. The number of anilines is 2. The van der Waals surface area contributed by atoms with Gasteiger partial charge in [-0.25, -0.2) is 0 Å². The van der Waals surface area contributed by atoms with Crippen LogP contribution >= 0.6 is 34.5 Å². The van der Waals surface area contributed by atoms with Crippen LogP contribution in [0.3, 0.4) is 0 Å². The largest absolute Gasteiger partial charge is 0.369 e. The van der Waals surface area contributed by atoms with Crippen molar-refractivity contribution in [3.63, 3.8) is 0 Å². The number of hydrogen-bond donors (Lipinski definition) is 1. The van der Waals surface area contributed by atoms with Gasteiger partial charge in [0.1, 0.15) is 4.88 Å². The van der Waals surface area contributed by atoms with E-state index in [2.05, 4.69) is 57.6 Å². The predicted octanol–water partition coefficient (Wildman–Crippen LogP) is 6.78. The van der Waals surface area contributed by atoms with Crippen molar-refractivity contribution in [2.75, 3.05) is 36.4 Å². The molecule has 0 radical (unpaired) electrons. The van der Waals surface area contributed by atoms with Gasteiger partial charge in [-0.1, -0.05) is 59.6 Å². The number of carbonyl (C=O) groups excluding carboxylic acids is 1. The van der Waals surface area contributed by atoms with Gasteiger partial charge in [0.15, 0.2) is 0 Å². The number of amides is 1. The molecule has 1 N–H and O–H groups in total. The Labute approximate surface area is 207 Å². The molecule has 1 amide bonds. The molecule has 1 aliphatic heterocycles. The quantitative estimate of drug-likeness (QED) is 0.331. The summed E-state index contributed by atoms with van der Waals surface area (Å²) in [7, 11) is 0. The molecule has 0 aliphatic carbocycles. The molecule has 4 aromatic rings. The van der Waals surface area contributed by atoms with Gasteiger partial charge in [0.2, 0.25) is 0 Å². The fourth-order valence-electron chi connectivity index (χ4n) is 4.13. The minimum atomic E-state index is -0.209. The number of hydrogen-bond acceptors (Lipinski definition) is 4. The fraction of sp³-hybridized carbons (Fsp3) is 0.192. The number of nitrogens with one attached hydrogen (secondary N) is 1. The molecule has 0 spiro atoms. The fourth-order valence-corrected chi connectivity index (χ4v) is 5.82. The Morgan fingerprint density at radius 3 is 2.36 bits per heavy atom. The summed E-state index contributed by atoms with van der Waals surface area (Å²) in [5.74, 6) is -0.209. The van der Waals surface area contributed by atoms with Crippen molar-refractivity contribution in [3.05, 3.63) is 93.3 Å². The van der Waals surface area contributed by atoms with E-state index in [0.29, 0.717) is 14.9 Å². The Hall–Kier alpha value is -2.57. The highest BCUT2D eigenvalue weighted by atomic mass is 35.5. The summed E-state index contributed by atoms with van der Waals surface area (Å²) in [6, 6.07) is 24.1. The number of piperazine rings is 1. The van der Waals surface area contributed by atoms with Crippen molar-refractivity contribution in [1.29, 1.82) is 0 Å². The van der Waals surface area contributed by atoms with Gasteiger partial charge in [0.25, 0.3) is 5.91 Å². The van der Waals surface area contributed by atoms with E-state index in [1.807, 2.05) is 24.3 Å². The smallest absolute Gasteiger partial charge is 0.267 e. The third kappa shape index (κ3) is 5.02. The molecule has 33 heavy (non-hydrogen) atoms. The maximum Gasteiger partial charge on any atom is 0.267 e. The van der Waals surface area contributed by atoms with Crippen molar-refractivity contribution in [1.82, 2.24) is 4.90 Å². The second-order valence-electron chi connectivity index (χ2n) is 8.14. The van der Waals surface area contributed by atoms with Crippen molar-refractivity contribution < 1.29 is 4.79 Å². The average Bonchev–Trinajstić information content (AvgIpc) is 3.16. The summed E-state index contributed by atoms with van der Waals surface area (Å²) in [6.07, 6.45) is 0. The van der Waals surface area contributed by atoms with Crippen LogP contribution in [-0.4, -0.2) is 37.0 Å². The SMILES string of the molecule is O=C(Nc1ccc(N2CCN(Cc3ccccc3)CC2)cc1)c1sc2cc(Cl)ccc2c1Cl. The molecular formula is C26H23Cl2N3OS. The zero-order chi connectivity index (χ0) is 22.8. The van der Waals surface area contributed by atoms with Crippen LogP contribution in [0.25, 0.3) is 10.1 Å². The summed E-state index contributed by atoms with van der Waals surface area (Å²) >= 11 is 13.9. The lowest BCUT2D eigenvalue weighted by Gasteiger charge is -2.36. The van der Waals surface area contributed by atoms with Crippen molar-refractivity contribution in [2.45, 2.75) is 6.54 Å². The number of thiophene rings is 1. The number of benzene rings is 3. The van der Waals surface area contributed by atoms with Crippen LogP contribution in [0.2, 0.25) is 10.0 Å². The first kappa shape index (κ1) is 22.2. The zero-order valence-electron chi connectivity index (χ0n) is 17.9. The van der Waals surface area contributed by atoms with Gasteiger partial charge in [-0.05, 0) is 42.0 Å². The van der Waals surface area contributed by atoms with Crippen molar-refractivity contribution in [3.8, 4) is 0 Å². The molecule has 168 valence electrons. The number of rotatable bonds is 5. The van der Waals surface area contributed by atoms with E-state index < -0.39 is 0 Å². The molecule has 0 bridgehead atoms. The number of carbonyl (C=O) groups is 1. The molecule has 1 fully saturated rings. The lowest BCUT2D eigenvalue weighted by Crippen LogP contribution is -2.45. The van der Waals surface area contributed by atoms with Gasteiger partial charge in [0.05, 0.1) is 5.02 Å². The van der Waals surface area contributed by atoms with Crippen LogP contribution in [0.5, 0.6) is 0 Å². The van der Waals surface area contributed by atoms with E-state index >= 15 is 0 Å². The maximum atomic E-state index is 12.8. The van der Waals surface area contributed by atoms with Crippen LogP contribution in [0.4, 0.5) is 11.4 Å². The van der Waals surface area contributed by atoms with Gasteiger partial charge in [-0.3, -0.25) is 9.69 Å². The van der Waals surface area contributed by atoms with E-state index in [9.17, 15) is 4.79 Å². The molecular weight excluding hydrogens is 473 g/mol. The molecule has 7 heteroatoms. The number of halogens is 2. The summed E-state index contributed by atoms with van der Waals surface area (Å²) in [5.41, 5.74) is 3.27. The maximum absolute atomic E-state index is 12.8. The Morgan fingerprint density at radius 1 is 0.909 bits per heavy atom. The Kier molecular flexibility index (Phi) is 6.56. The van der Waals surface area contributed by atoms with E-state index in [4.69, 9.17) is 23.2 Å². The first-order valence-corrected chi connectivity index (χ1v) is 12.4. The minimum Gasteiger partial charge on any atom is -0.369 e. The molecule has 5 rings (SSSR count). The molecule has 1 aromatic heterocycles. The van der Waals surface area contributed by atoms with Gasteiger partial charge in [-0.15, -0.1) is 11.3 Å². The Balaban J connectivity index is 1.20. The Morgan fingerprint density at radius 2 is 1.64 bits per heavy atom. The first-order chi connectivity index (χ1) is 16.1. The van der Waals surface area contributed by atoms with E-state index in [1.54, 1.807) is 6.07 Å². The van der Waals surface area contributed by atoms with Crippen LogP contribution in [-0.2, 0) is 6.54 Å². The summed E-state index contributed by atoms with van der Waals surface area (Å²) < 4.78 is 0.902. The second kappa shape index (κ2) is 9.74. The van der Waals surface area contributed by atoms with Gasteiger partial charge in [0, 0.05) is 59.2 Å². The molecule has 1 saturated heterocycles. The molecule has 4 nitrogen and oxygen atoms in total. The lowest BCUT2D eigenvalue weighted by atomic mass is 10.2. The van der Waals surface area contributed by atoms with Crippen LogP contribution in [0, 0.1) is 0 Å². The number of nitrogens with zero attached hydrogens (tertiary/aromatic N) is 2. The van der Waals surface area contributed by atoms with Crippen LogP contribution in [0.15, 0.2) is 72.8 Å². The van der Waals surface area contributed by atoms with Crippen LogP contribution < -0.4 is 10.2 Å². The van der Waals surface area contributed by atoms with Gasteiger partial charge in [-0.2, -0.15) is 0 Å². The van der Waals surface area contributed by atoms with E-state index in [-0.39, 0.29) is 5.91 Å². The summed E-state index contributed by atoms with van der Waals surface area (Å²) in [4.78, 5) is 18.2. The standard InChI is InChI=1S/C26H23Cl2N3OS/c27-19-6-11-22-23(16-19)33-25(24(22)28)26(32)29-20-7-9-21(10-8-20)31-14-12-30(13-15-31)17-18-4-2-1-3-5-18/h1-11,16H,12-15,17H2,(H,29,32). The third-order valence-corrected chi connectivity index (χ3v) is 7.80. The van der Waals surface area contributed by atoms with Crippen molar-refractivity contribution in [2.24, 2.45) is 0 Å². The number of fused-ring (bicyclic) bond motifs is 1. The monoisotopic (exact) mass is 495 g/mol. The minimum absolute atomic E-state index is 0.209. The highest BCUT2D eigenvalue weighted by Crippen LogP contribution is 2.37. The predicted molar refractivity (Wildman–Crippen MR) is 140 cm³/mol. The molecule has 0 saturated carbocycles. The normalized spacial score (nSPS) is 14.5. The molecule has 2 heterocycles. The topological polar surface area (TPSA) is 35.6 Å². The first-order valence-electron chi connectivity index (χ1n) is 10.9. The molecule has 0 atom stereocenters. The highest BCUT2D eigenvalue weighted by molar-refractivity contribution is 7.21. The summed E-state index contributed by atoms with van der Waals surface area (Å²) in [5, 5.41) is 4.91. The highest BCUT2D eigenvalue weighted by Gasteiger charge is 2.19. The van der Waals surface area contributed by atoms with Gasteiger partial charge >= 0.3 is 0 Å². The molecule has 1 aliphatic rings. The average molecular weight is 496 g/mol. The van der Waals surface area contributed by atoms with Gasteiger partial charge < -0.3 is 10.2 Å².